The fourth-order valence-corrected chi connectivity index (χ4v) is 2.15. The monoisotopic (exact) mass is 311 g/mol. The fourth-order valence-electron chi connectivity index (χ4n) is 1.99. The van der Waals surface area contributed by atoms with Gasteiger partial charge >= 0.3 is 5.97 Å². The van der Waals surface area contributed by atoms with E-state index in [9.17, 15) is 9.18 Å². The van der Waals surface area contributed by atoms with Crippen LogP contribution in [0.1, 0.15) is 42.7 Å². The highest BCUT2D eigenvalue weighted by Gasteiger charge is 2.19. The summed E-state index contributed by atoms with van der Waals surface area (Å²) in [6, 6.07) is 3.09. The van der Waals surface area contributed by atoms with Gasteiger partial charge in [0.05, 0.1) is 23.5 Å². The Morgan fingerprint density at radius 1 is 1.48 bits per heavy atom. The molecule has 1 aromatic carbocycles. The lowest BCUT2D eigenvalue weighted by Crippen LogP contribution is -2.06. The Morgan fingerprint density at radius 3 is 2.81 bits per heavy atom. The zero-order chi connectivity index (χ0) is 15.6. The van der Waals surface area contributed by atoms with Crippen molar-refractivity contribution in [2.24, 2.45) is 0 Å². The molecule has 5 nitrogen and oxygen atoms in total. The Morgan fingerprint density at radius 2 is 2.19 bits per heavy atom. The maximum absolute atomic E-state index is 14.2. The molecule has 0 bridgehead atoms. The van der Waals surface area contributed by atoms with Gasteiger partial charge in [0.2, 0.25) is 0 Å². The van der Waals surface area contributed by atoms with E-state index in [1.54, 1.807) is 13.0 Å². The van der Waals surface area contributed by atoms with Gasteiger partial charge in [-0.25, -0.2) is 13.9 Å². The van der Waals surface area contributed by atoms with Gasteiger partial charge in [-0.1, -0.05) is 30.7 Å². The van der Waals surface area contributed by atoms with Crippen LogP contribution < -0.4 is 0 Å². The van der Waals surface area contributed by atoms with Crippen LogP contribution in [0.3, 0.4) is 0 Å². The Kier molecular flexibility index (Phi) is 4.57. The first-order valence-electron chi connectivity index (χ1n) is 6.53. The van der Waals surface area contributed by atoms with Gasteiger partial charge in [0.15, 0.2) is 5.69 Å². The third-order valence-electron chi connectivity index (χ3n) is 2.91. The minimum atomic E-state index is -0.565. The van der Waals surface area contributed by atoms with E-state index in [1.807, 2.05) is 13.8 Å². The fraction of sp³-hybridized carbons (Fsp3) is 0.357. The van der Waals surface area contributed by atoms with Crippen LogP contribution in [0.4, 0.5) is 4.39 Å². The zero-order valence-corrected chi connectivity index (χ0v) is 12.7. The van der Waals surface area contributed by atoms with Gasteiger partial charge in [0.25, 0.3) is 0 Å². The van der Waals surface area contributed by atoms with Crippen molar-refractivity contribution in [1.29, 1.82) is 0 Å². The van der Waals surface area contributed by atoms with Gasteiger partial charge in [-0.15, -0.1) is 5.10 Å². The third kappa shape index (κ3) is 3.05. The Hall–Kier alpha value is -1.95. The molecule has 0 radical (unpaired) electrons. The molecule has 0 aliphatic heterocycles. The molecule has 0 unspecified atom stereocenters. The number of hydrogen-bond acceptors (Lipinski definition) is 4. The van der Waals surface area contributed by atoms with Gasteiger partial charge in [-0.2, -0.15) is 0 Å². The molecule has 0 saturated carbocycles. The summed E-state index contributed by atoms with van der Waals surface area (Å²) in [5.41, 5.74) is 0.986. The van der Waals surface area contributed by atoms with Gasteiger partial charge in [-0.05, 0) is 25.0 Å². The number of nitrogens with zero attached hydrogens (tertiary/aromatic N) is 3. The molecule has 112 valence electrons. The Bertz CT molecular complexity index is 670. The quantitative estimate of drug-likeness (QED) is 0.812. The lowest BCUT2D eigenvalue weighted by atomic mass is 10.0. The Balaban J connectivity index is 2.48. The van der Waals surface area contributed by atoms with E-state index in [-0.39, 0.29) is 23.2 Å². The molecule has 0 spiro atoms. The van der Waals surface area contributed by atoms with Crippen molar-refractivity contribution in [3.63, 3.8) is 0 Å². The predicted molar refractivity (Wildman–Crippen MR) is 76.4 cm³/mol. The number of rotatable bonds is 4. The lowest BCUT2D eigenvalue weighted by Gasteiger charge is -2.14. The maximum atomic E-state index is 14.2. The average Bonchev–Trinajstić information content (AvgIpc) is 2.91. The molecule has 0 aliphatic carbocycles. The topological polar surface area (TPSA) is 57.0 Å². The maximum Gasteiger partial charge on any atom is 0.360 e. The summed E-state index contributed by atoms with van der Waals surface area (Å²) in [6.07, 6.45) is 1.41. The molecule has 21 heavy (non-hydrogen) atoms. The second-order valence-corrected chi connectivity index (χ2v) is 5.12. The van der Waals surface area contributed by atoms with Crippen molar-refractivity contribution < 1.29 is 13.9 Å². The van der Waals surface area contributed by atoms with E-state index < -0.39 is 11.8 Å². The van der Waals surface area contributed by atoms with E-state index >= 15 is 0 Å². The molecular formula is C14H15ClFN3O2. The molecule has 7 heteroatoms. The highest BCUT2D eigenvalue weighted by Crippen LogP contribution is 2.30. The van der Waals surface area contributed by atoms with Crippen LogP contribution in [0.25, 0.3) is 5.69 Å². The summed E-state index contributed by atoms with van der Waals surface area (Å²) in [4.78, 5) is 11.6. The number of hydrogen-bond donors (Lipinski definition) is 0. The normalized spacial score (nSPS) is 11.0. The van der Waals surface area contributed by atoms with Gasteiger partial charge in [0, 0.05) is 5.56 Å². The summed E-state index contributed by atoms with van der Waals surface area (Å²) >= 11 is 5.82. The molecule has 2 rings (SSSR count). The third-order valence-corrected chi connectivity index (χ3v) is 3.20. The summed E-state index contributed by atoms with van der Waals surface area (Å²) in [5.74, 6) is -1.16. The molecule has 0 N–H and O–H groups in total. The minimum absolute atomic E-state index is 0.0492. The molecule has 1 heterocycles. The van der Waals surface area contributed by atoms with Gasteiger partial charge in [0.1, 0.15) is 5.82 Å². The number of halogens is 2. The van der Waals surface area contributed by atoms with E-state index in [2.05, 4.69) is 10.3 Å². The van der Waals surface area contributed by atoms with Crippen LogP contribution in [-0.4, -0.2) is 27.6 Å². The van der Waals surface area contributed by atoms with Gasteiger partial charge < -0.3 is 4.74 Å². The van der Waals surface area contributed by atoms with E-state index in [0.717, 1.165) is 0 Å². The summed E-state index contributed by atoms with van der Waals surface area (Å²) in [7, 11) is 0. The van der Waals surface area contributed by atoms with E-state index in [0.29, 0.717) is 11.3 Å². The van der Waals surface area contributed by atoms with Gasteiger partial charge in [-0.3, -0.25) is 0 Å². The first kappa shape index (κ1) is 15.4. The zero-order valence-electron chi connectivity index (χ0n) is 11.9. The largest absolute Gasteiger partial charge is 0.461 e. The number of carbonyl (C=O) groups excluding carboxylic acids is 1. The first-order chi connectivity index (χ1) is 9.95. The van der Waals surface area contributed by atoms with Crippen LogP contribution in [0.15, 0.2) is 18.3 Å². The highest BCUT2D eigenvalue weighted by atomic mass is 35.5. The number of esters is 1. The number of benzene rings is 1. The molecule has 0 saturated heterocycles. The smallest absolute Gasteiger partial charge is 0.360 e. The number of aromatic nitrogens is 3. The lowest BCUT2D eigenvalue weighted by molar-refractivity contribution is 0.0519. The second-order valence-electron chi connectivity index (χ2n) is 4.72. The first-order valence-corrected chi connectivity index (χ1v) is 6.91. The van der Waals surface area contributed by atoms with Crippen molar-refractivity contribution >= 4 is 17.6 Å². The summed E-state index contributed by atoms with van der Waals surface area (Å²) in [5, 5.41) is 7.66. The SMILES string of the molecule is CCOC(=O)c1cn(-c2ccc(Cl)c(F)c2C(C)C)nn1. The molecule has 0 aliphatic rings. The molecule has 2 aromatic rings. The van der Waals surface area contributed by atoms with Crippen molar-refractivity contribution in [3.8, 4) is 5.69 Å². The highest BCUT2D eigenvalue weighted by molar-refractivity contribution is 6.30. The van der Waals surface area contributed by atoms with E-state index in [4.69, 9.17) is 16.3 Å². The van der Waals surface area contributed by atoms with Crippen LogP contribution >= 0.6 is 11.6 Å². The van der Waals surface area contributed by atoms with Crippen LogP contribution in [0.5, 0.6) is 0 Å². The summed E-state index contributed by atoms with van der Waals surface area (Å²) < 4.78 is 20.4. The minimum Gasteiger partial charge on any atom is -0.461 e. The van der Waals surface area contributed by atoms with E-state index in [1.165, 1.54) is 16.9 Å². The van der Waals surface area contributed by atoms with Crippen LogP contribution in [0.2, 0.25) is 5.02 Å². The Labute approximate surface area is 126 Å². The van der Waals surface area contributed by atoms with Crippen molar-refractivity contribution in [2.45, 2.75) is 26.7 Å². The molecule has 0 amide bonds. The second kappa shape index (κ2) is 6.22. The number of ether oxygens (including phenoxy) is 1. The standard InChI is InChI=1S/C14H15ClFN3O2/c1-4-21-14(20)10-7-19(18-17-10)11-6-5-9(15)13(16)12(11)8(2)3/h5-8H,4H2,1-3H3. The van der Waals surface area contributed by atoms with Crippen molar-refractivity contribution in [2.75, 3.05) is 6.61 Å². The number of carbonyl (C=O) groups is 1. The van der Waals surface area contributed by atoms with Crippen LogP contribution in [0, 0.1) is 5.82 Å². The van der Waals surface area contributed by atoms with Crippen molar-refractivity contribution in [1.82, 2.24) is 15.0 Å². The summed E-state index contributed by atoms with van der Waals surface area (Å²) in [6.45, 7) is 5.65. The molecule has 0 fully saturated rings. The molecule has 1 aromatic heterocycles. The van der Waals surface area contributed by atoms with Crippen LogP contribution in [-0.2, 0) is 4.74 Å². The van der Waals surface area contributed by atoms with Crippen molar-refractivity contribution in [3.05, 3.63) is 40.4 Å². The predicted octanol–water partition coefficient (Wildman–Crippen LogP) is 3.36. The molecule has 0 atom stereocenters. The average molecular weight is 312 g/mol. The molecular weight excluding hydrogens is 297 g/mol.